The second-order valence-corrected chi connectivity index (χ2v) is 8.39. The standard InChI is InChI=1S/C26H37N3O4/c1-6-32-24-17-23(28-12-14-31-15-13-28)25(33-7-2)16-22(24)27-26(30)18-29(19(3)4)21-10-8-20(5)9-11-21/h8-11,16-17,19H,6-7,12-15,18H2,1-5H3,(H,27,30). The molecule has 0 bridgehead atoms. The molecular weight excluding hydrogens is 418 g/mol. The Kier molecular flexibility index (Phi) is 8.83. The van der Waals surface area contributed by atoms with Gasteiger partial charge in [-0.3, -0.25) is 4.79 Å². The van der Waals surface area contributed by atoms with E-state index in [4.69, 9.17) is 14.2 Å². The quantitative estimate of drug-likeness (QED) is 0.570. The molecule has 2 aromatic rings. The summed E-state index contributed by atoms with van der Waals surface area (Å²) in [5, 5.41) is 3.06. The molecule has 1 heterocycles. The normalized spacial score (nSPS) is 13.7. The minimum Gasteiger partial charge on any atom is -0.492 e. The van der Waals surface area contributed by atoms with Crippen LogP contribution in [0.1, 0.15) is 33.3 Å². The maximum absolute atomic E-state index is 13.1. The molecule has 1 fully saturated rings. The van der Waals surface area contributed by atoms with Gasteiger partial charge in [0.15, 0.2) is 0 Å². The van der Waals surface area contributed by atoms with Crippen LogP contribution < -0.4 is 24.6 Å². The summed E-state index contributed by atoms with van der Waals surface area (Å²) in [5.74, 6) is 1.27. The van der Waals surface area contributed by atoms with Crippen molar-refractivity contribution in [1.82, 2.24) is 0 Å². The molecule has 1 N–H and O–H groups in total. The first-order valence-electron chi connectivity index (χ1n) is 11.8. The zero-order chi connectivity index (χ0) is 23.8. The summed E-state index contributed by atoms with van der Waals surface area (Å²) in [6.45, 7) is 14.3. The fraction of sp³-hybridized carbons (Fsp3) is 0.500. The Balaban J connectivity index is 1.84. The Labute approximate surface area is 197 Å². The molecule has 3 rings (SSSR count). The molecule has 0 radical (unpaired) electrons. The number of carbonyl (C=O) groups excluding carboxylic acids is 1. The van der Waals surface area contributed by atoms with Gasteiger partial charge in [0.2, 0.25) is 5.91 Å². The fourth-order valence-electron chi connectivity index (χ4n) is 3.90. The molecule has 180 valence electrons. The number of nitrogens with zero attached hydrogens (tertiary/aromatic N) is 2. The molecule has 1 saturated heterocycles. The summed E-state index contributed by atoms with van der Waals surface area (Å²) in [6, 6.07) is 12.3. The van der Waals surface area contributed by atoms with E-state index in [0.717, 1.165) is 30.2 Å². The van der Waals surface area contributed by atoms with E-state index in [9.17, 15) is 4.79 Å². The molecule has 1 amide bonds. The lowest BCUT2D eigenvalue weighted by atomic mass is 10.2. The molecule has 0 unspecified atom stereocenters. The predicted molar refractivity (Wildman–Crippen MR) is 134 cm³/mol. The average Bonchev–Trinajstić information content (AvgIpc) is 2.80. The van der Waals surface area contributed by atoms with Gasteiger partial charge in [0, 0.05) is 37.0 Å². The van der Waals surface area contributed by atoms with Gasteiger partial charge in [0.1, 0.15) is 11.5 Å². The lowest BCUT2D eigenvalue weighted by Crippen LogP contribution is -2.38. The van der Waals surface area contributed by atoms with Crippen LogP contribution in [0.25, 0.3) is 0 Å². The van der Waals surface area contributed by atoms with E-state index in [1.54, 1.807) is 0 Å². The van der Waals surface area contributed by atoms with E-state index < -0.39 is 0 Å². The van der Waals surface area contributed by atoms with Gasteiger partial charge in [-0.15, -0.1) is 0 Å². The van der Waals surface area contributed by atoms with Gasteiger partial charge in [0.05, 0.1) is 44.3 Å². The van der Waals surface area contributed by atoms with Crippen molar-refractivity contribution in [3.05, 3.63) is 42.0 Å². The zero-order valence-electron chi connectivity index (χ0n) is 20.5. The molecular formula is C26H37N3O4. The Morgan fingerprint density at radius 1 is 1.06 bits per heavy atom. The van der Waals surface area contributed by atoms with Gasteiger partial charge >= 0.3 is 0 Å². The zero-order valence-corrected chi connectivity index (χ0v) is 20.5. The van der Waals surface area contributed by atoms with Crippen LogP contribution in [-0.2, 0) is 9.53 Å². The minimum absolute atomic E-state index is 0.105. The first-order valence-corrected chi connectivity index (χ1v) is 11.8. The maximum atomic E-state index is 13.1. The minimum atomic E-state index is -0.105. The molecule has 7 heteroatoms. The first kappa shape index (κ1) is 24.7. The Hall–Kier alpha value is -2.93. The highest BCUT2D eigenvalue weighted by atomic mass is 16.5. The fourth-order valence-corrected chi connectivity index (χ4v) is 3.90. The Morgan fingerprint density at radius 3 is 2.30 bits per heavy atom. The highest BCUT2D eigenvalue weighted by Crippen LogP contribution is 2.39. The van der Waals surface area contributed by atoms with E-state index in [-0.39, 0.29) is 18.5 Å². The SMILES string of the molecule is CCOc1cc(N2CCOCC2)c(OCC)cc1NC(=O)CN(c1ccc(C)cc1)C(C)C. The topological polar surface area (TPSA) is 63.3 Å². The Morgan fingerprint density at radius 2 is 1.70 bits per heavy atom. The third-order valence-electron chi connectivity index (χ3n) is 5.59. The second-order valence-electron chi connectivity index (χ2n) is 8.39. The van der Waals surface area contributed by atoms with E-state index in [1.807, 2.05) is 26.0 Å². The van der Waals surface area contributed by atoms with Crippen molar-refractivity contribution in [2.45, 2.75) is 40.7 Å². The van der Waals surface area contributed by atoms with Crippen molar-refractivity contribution >= 4 is 23.0 Å². The van der Waals surface area contributed by atoms with Gasteiger partial charge < -0.3 is 29.3 Å². The molecule has 0 spiro atoms. The average molecular weight is 456 g/mol. The van der Waals surface area contributed by atoms with Crippen molar-refractivity contribution in [3.63, 3.8) is 0 Å². The van der Waals surface area contributed by atoms with E-state index >= 15 is 0 Å². The summed E-state index contributed by atoms with van der Waals surface area (Å²) in [6.07, 6.45) is 0. The molecule has 1 aliphatic rings. The number of hydrogen-bond acceptors (Lipinski definition) is 6. The van der Waals surface area contributed by atoms with Gasteiger partial charge in [-0.25, -0.2) is 0 Å². The van der Waals surface area contributed by atoms with Gasteiger partial charge in [-0.1, -0.05) is 17.7 Å². The van der Waals surface area contributed by atoms with Crippen molar-refractivity contribution in [2.75, 3.05) is 61.2 Å². The van der Waals surface area contributed by atoms with E-state index in [0.29, 0.717) is 37.9 Å². The van der Waals surface area contributed by atoms with Crippen LogP contribution >= 0.6 is 0 Å². The lowest BCUT2D eigenvalue weighted by molar-refractivity contribution is -0.115. The number of carbonyl (C=O) groups is 1. The number of rotatable bonds is 10. The predicted octanol–water partition coefficient (Wildman–Crippen LogP) is 4.48. The number of aryl methyl sites for hydroxylation is 1. The highest BCUT2D eigenvalue weighted by Gasteiger charge is 2.21. The number of morpholine rings is 1. The third kappa shape index (κ3) is 6.54. The summed E-state index contributed by atoms with van der Waals surface area (Å²) >= 11 is 0. The van der Waals surface area contributed by atoms with E-state index in [1.165, 1.54) is 5.56 Å². The summed E-state index contributed by atoms with van der Waals surface area (Å²) in [5.41, 5.74) is 3.80. The van der Waals surface area contributed by atoms with Crippen LogP contribution in [0.4, 0.5) is 17.1 Å². The van der Waals surface area contributed by atoms with Crippen molar-refractivity contribution in [2.24, 2.45) is 0 Å². The number of ether oxygens (including phenoxy) is 3. The van der Waals surface area contributed by atoms with Crippen LogP contribution in [0.3, 0.4) is 0 Å². The number of benzene rings is 2. The van der Waals surface area contributed by atoms with Crippen molar-refractivity contribution in [1.29, 1.82) is 0 Å². The first-order chi connectivity index (χ1) is 15.9. The summed E-state index contributed by atoms with van der Waals surface area (Å²) < 4.78 is 17.4. The smallest absolute Gasteiger partial charge is 0.244 e. The van der Waals surface area contributed by atoms with Crippen LogP contribution in [0.5, 0.6) is 11.5 Å². The molecule has 0 aliphatic carbocycles. The second kappa shape index (κ2) is 11.8. The van der Waals surface area contributed by atoms with Crippen LogP contribution in [0.2, 0.25) is 0 Å². The molecule has 2 aromatic carbocycles. The molecule has 0 aromatic heterocycles. The number of hydrogen-bond donors (Lipinski definition) is 1. The van der Waals surface area contributed by atoms with Gasteiger partial charge in [-0.05, 0) is 46.8 Å². The number of anilines is 3. The molecule has 7 nitrogen and oxygen atoms in total. The lowest BCUT2D eigenvalue weighted by Gasteiger charge is -2.31. The third-order valence-corrected chi connectivity index (χ3v) is 5.59. The molecule has 1 aliphatic heterocycles. The van der Waals surface area contributed by atoms with Crippen molar-refractivity contribution in [3.8, 4) is 11.5 Å². The van der Waals surface area contributed by atoms with E-state index in [2.05, 4.69) is 60.2 Å². The number of amides is 1. The molecule has 0 saturated carbocycles. The largest absolute Gasteiger partial charge is 0.492 e. The van der Waals surface area contributed by atoms with Crippen LogP contribution in [-0.4, -0.2) is 58.0 Å². The maximum Gasteiger partial charge on any atom is 0.244 e. The molecule has 33 heavy (non-hydrogen) atoms. The highest BCUT2D eigenvalue weighted by molar-refractivity contribution is 5.96. The van der Waals surface area contributed by atoms with Gasteiger partial charge in [0.25, 0.3) is 0 Å². The van der Waals surface area contributed by atoms with Crippen LogP contribution in [0.15, 0.2) is 36.4 Å². The monoisotopic (exact) mass is 455 g/mol. The van der Waals surface area contributed by atoms with Crippen molar-refractivity contribution < 1.29 is 19.0 Å². The van der Waals surface area contributed by atoms with Crippen LogP contribution in [0, 0.1) is 6.92 Å². The summed E-state index contributed by atoms with van der Waals surface area (Å²) in [4.78, 5) is 17.4. The summed E-state index contributed by atoms with van der Waals surface area (Å²) in [7, 11) is 0. The van der Waals surface area contributed by atoms with Gasteiger partial charge in [-0.2, -0.15) is 0 Å². The Bertz CT molecular complexity index is 908. The number of nitrogens with one attached hydrogen (secondary N) is 1. The molecule has 0 atom stereocenters.